The van der Waals surface area contributed by atoms with Crippen molar-refractivity contribution in [3.8, 4) is 11.1 Å². The number of carbonyl (C=O) groups excluding carboxylic acids is 1. The fraction of sp³-hybridized carbons (Fsp3) is 0.267. The first kappa shape index (κ1) is 21.0. The van der Waals surface area contributed by atoms with Gasteiger partial charge in [-0.2, -0.15) is 0 Å². The van der Waals surface area contributed by atoms with Crippen LogP contribution in [0, 0.1) is 11.7 Å². The van der Waals surface area contributed by atoms with Gasteiger partial charge in [-0.1, -0.05) is 49.4 Å². The molecule has 0 fully saturated rings. The van der Waals surface area contributed by atoms with Gasteiger partial charge in [-0.15, -0.1) is 0 Å². The van der Waals surface area contributed by atoms with Gasteiger partial charge in [0.25, 0.3) is 0 Å². The van der Waals surface area contributed by atoms with E-state index in [1.54, 1.807) is 12.1 Å². The number of hydrogen-bond donors (Lipinski definition) is 0. The minimum Gasteiger partial charge on any atom is -0.472 e. The molecule has 2 atom stereocenters. The van der Waals surface area contributed by atoms with Crippen LogP contribution < -0.4 is 10.4 Å². The van der Waals surface area contributed by atoms with Crippen LogP contribution in [-0.4, -0.2) is 24.3 Å². The number of aryl methyl sites for hydroxylation is 1. The minimum atomic E-state index is -0.329. The Balaban J connectivity index is 1.56. The zero-order valence-electron chi connectivity index (χ0n) is 19.2. The van der Waals surface area contributed by atoms with Gasteiger partial charge in [0.1, 0.15) is 11.9 Å². The fourth-order valence-corrected chi connectivity index (χ4v) is 5.45. The van der Waals surface area contributed by atoms with E-state index in [4.69, 9.17) is 9.73 Å². The van der Waals surface area contributed by atoms with Crippen LogP contribution in [0.25, 0.3) is 22.8 Å². The molecule has 0 N–H and O–H groups in total. The molecule has 6 rings (SSSR count). The number of fused-ring (bicyclic) bond motifs is 5. The Labute approximate surface area is 198 Å². The molecule has 0 radical (unpaired) electrons. The Morgan fingerprint density at radius 2 is 1.85 bits per heavy atom. The van der Waals surface area contributed by atoms with Crippen molar-refractivity contribution in [2.45, 2.75) is 38.7 Å². The second-order valence-corrected chi connectivity index (χ2v) is 9.35. The lowest BCUT2D eigenvalue weighted by atomic mass is 9.80. The maximum absolute atomic E-state index is 13.4. The molecule has 2 unspecified atom stereocenters. The average molecular weight is 452 g/mol. The minimum absolute atomic E-state index is 0.0431. The molecule has 0 bridgehead atoms. The van der Waals surface area contributed by atoms with Crippen molar-refractivity contribution in [3.63, 3.8) is 0 Å². The van der Waals surface area contributed by atoms with E-state index < -0.39 is 0 Å². The Morgan fingerprint density at radius 1 is 1.03 bits per heavy atom. The van der Waals surface area contributed by atoms with E-state index in [1.807, 2.05) is 0 Å². The molecule has 170 valence electrons. The molecule has 3 nitrogen and oxygen atoms in total. The molecule has 4 heteroatoms. The van der Waals surface area contributed by atoms with Crippen LogP contribution in [0.15, 0.2) is 65.7 Å². The number of halogens is 1. The third kappa shape index (κ3) is 3.49. The van der Waals surface area contributed by atoms with Crippen molar-refractivity contribution in [1.82, 2.24) is 0 Å². The van der Waals surface area contributed by atoms with Crippen LogP contribution in [0.4, 0.5) is 4.39 Å². The normalized spacial score (nSPS) is 20.4. The largest absolute Gasteiger partial charge is 0.472 e. The van der Waals surface area contributed by atoms with Crippen LogP contribution in [0.2, 0.25) is 0 Å². The van der Waals surface area contributed by atoms with E-state index in [1.165, 1.54) is 34.4 Å². The highest BCUT2D eigenvalue weighted by atomic mass is 19.1. The van der Waals surface area contributed by atoms with Crippen molar-refractivity contribution in [3.05, 3.63) is 93.6 Å². The number of Topliss-reactive ketones (excluding diaryl/α,β-unsaturated/α-hetero) is 1. The number of hydrogen-bond acceptors (Lipinski definition) is 3. The van der Waals surface area contributed by atoms with Gasteiger partial charge in [-0.25, -0.2) is 9.38 Å². The first-order valence-corrected chi connectivity index (χ1v) is 12.1. The number of benzene rings is 3. The lowest BCUT2D eigenvalue weighted by Gasteiger charge is -2.24. The Morgan fingerprint density at radius 3 is 2.65 bits per heavy atom. The smallest absolute Gasteiger partial charge is 0.213 e. The third-order valence-electron chi connectivity index (χ3n) is 7.30. The van der Waals surface area contributed by atoms with Crippen molar-refractivity contribution >= 4 is 23.3 Å². The van der Waals surface area contributed by atoms with Gasteiger partial charge in [0.05, 0.1) is 6.54 Å². The molecule has 3 aromatic carbocycles. The summed E-state index contributed by atoms with van der Waals surface area (Å²) in [6, 6.07) is 18.8. The van der Waals surface area contributed by atoms with Crippen molar-refractivity contribution in [2.75, 3.05) is 6.54 Å². The van der Waals surface area contributed by atoms with Crippen LogP contribution in [0.5, 0.6) is 0 Å². The molecule has 1 aliphatic heterocycles. The maximum atomic E-state index is 13.4. The standard InChI is InChI=1S/C30H26FNO2/c1-2-23-17-32-30(34-23)27-15-20-5-3-4-6-24(20)25-14-11-18-7-8-21(16-26(18)28(25)27)29(33)19-9-12-22(31)13-10-19/h3-6,9-14,16,21,23H,2,7-8,15,17H2,1H3. The molecule has 0 saturated carbocycles. The summed E-state index contributed by atoms with van der Waals surface area (Å²) in [6.45, 7) is 2.82. The molecule has 3 aromatic rings. The van der Waals surface area contributed by atoms with Gasteiger partial charge in [-0.3, -0.25) is 4.79 Å². The lowest BCUT2D eigenvalue weighted by molar-refractivity contribution is 0.0946. The van der Waals surface area contributed by atoms with E-state index in [-0.39, 0.29) is 23.6 Å². The Hall–Kier alpha value is -3.53. The highest BCUT2D eigenvalue weighted by Crippen LogP contribution is 2.30. The summed E-state index contributed by atoms with van der Waals surface area (Å²) < 4.78 is 19.7. The summed E-state index contributed by atoms with van der Waals surface area (Å²) >= 11 is 0. The molecule has 34 heavy (non-hydrogen) atoms. The second-order valence-electron chi connectivity index (χ2n) is 9.35. The first-order chi connectivity index (χ1) is 16.6. The Bertz CT molecular complexity index is 1450. The predicted octanol–water partition coefficient (Wildman–Crippen LogP) is 4.63. The second kappa shape index (κ2) is 8.35. The molecular weight excluding hydrogens is 425 g/mol. The molecule has 1 heterocycles. The fourth-order valence-electron chi connectivity index (χ4n) is 5.45. The van der Waals surface area contributed by atoms with E-state index >= 15 is 0 Å². The molecule has 0 amide bonds. The van der Waals surface area contributed by atoms with E-state index in [2.05, 4.69) is 49.4 Å². The van der Waals surface area contributed by atoms with E-state index in [0.717, 1.165) is 47.6 Å². The van der Waals surface area contributed by atoms with Crippen LogP contribution in [0.3, 0.4) is 0 Å². The maximum Gasteiger partial charge on any atom is 0.213 e. The lowest BCUT2D eigenvalue weighted by Crippen LogP contribution is -2.40. The molecule has 0 spiro atoms. The van der Waals surface area contributed by atoms with Gasteiger partial charge in [0, 0.05) is 23.5 Å². The van der Waals surface area contributed by atoms with Gasteiger partial charge >= 0.3 is 0 Å². The molecule has 0 aromatic heterocycles. The molecule has 2 aliphatic carbocycles. The Kier molecular flexibility index (Phi) is 5.17. The number of aliphatic imine (C=N–C) groups is 1. The van der Waals surface area contributed by atoms with Crippen LogP contribution in [-0.2, 0) is 17.6 Å². The van der Waals surface area contributed by atoms with E-state index in [9.17, 15) is 9.18 Å². The molecule has 3 aliphatic rings. The quantitative estimate of drug-likeness (QED) is 0.543. The molecule has 0 saturated heterocycles. The number of nitrogens with zero attached hydrogens (tertiary/aromatic N) is 1. The number of rotatable bonds is 4. The third-order valence-corrected chi connectivity index (χ3v) is 7.30. The zero-order chi connectivity index (χ0) is 23.2. The van der Waals surface area contributed by atoms with Crippen LogP contribution in [0.1, 0.15) is 41.3 Å². The highest BCUT2D eigenvalue weighted by molar-refractivity contribution is 6.16. The number of carbonyl (C=O) groups is 1. The predicted molar refractivity (Wildman–Crippen MR) is 133 cm³/mol. The monoisotopic (exact) mass is 451 g/mol. The summed E-state index contributed by atoms with van der Waals surface area (Å²) in [5.74, 6) is 0.222. The van der Waals surface area contributed by atoms with Crippen molar-refractivity contribution in [2.24, 2.45) is 10.9 Å². The first-order valence-electron chi connectivity index (χ1n) is 12.1. The molecular formula is C30H26FNO2. The van der Waals surface area contributed by atoms with E-state index in [0.29, 0.717) is 12.1 Å². The number of ether oxygens (including phenoxy) is 1. The van der Waals surface area contributed by atoms with Gasteiger partial charge < -0.3 is 4.74 Å². The number of ketones is 1. The van der Waals surface area contributed by atoms with Gasteiger partial charge in [0.2, 0.25) is 5.90 Å². The van der Waals surface area contributed by atoms with Crippen molar-refractivity contribution in [1.29, 1.82) is 0 Å². The summed E-state index contributed by atoms with van der Waals surface area (Å²) in [5, 5.41) is 2.28. The SMILES string of the molecule is CCC1CN=C(C2=c3c(ccc4c3=CC(C(=O)c3ccc(F)cc3)CC4)-c3ccccc3C2)O1. The summed E-state index contributed by atoms with van der Waals surface area (Å²) in [4.78, 5) is 18.1. The average Bonchev–Trinajstić information content (AvgIpc) is 3.37. The summed E-state index contributed by atoms with van der Waals surface area (Å²) in [5.41, 5.74) is 6.60. The summed E-state index contributed by atoms with van der Waals surface area (Å²) in [6.07, 6.45) is 5.53. The topological polar surface area (TPSA) is 38.7 Å². The van der Waals surface area contributed by atoms with Crippen LogP contribution >= 0.6 is 0 Å². The zero-order valence-corrected chi connectivity index (χ0v) is 19.2. The van der Waals surface area contributed by atoms with Gasteiger partial charge in [-0.05, 0) is 76.2 Å². The van der Waals surface area contributed by atoms with Gasteiger partial charge in [0.15, 0.2) is 5.78 Å². The van der Waals surface area contributed by atoms with Crippen molar-refractivity contribution < 1.29 is 13.9 Å². The highest BCUT2D eigenvalue weighted by Gasteiger charge is 2.28. The summed E-state index contributed by atoms with van der Waals surface area (Å²) in [7, 11) is 0.